The Balaban J connectivity index is 1.79. The molecule has 1 aliphatic heterocycles. The predicted molar refractivity (Wildman–Crippen MR) is 48.5 cm³/mol. The van der Waals surface area contributed by atoms with Crippen LogP contribution >= 0.6 is 0 Å². The zero-order valence-corrected chi connectivity index (χ0v) is 7.61. The lowest BCUT2D eigenvalue weighted by Gasteiger charge is -2.05. The van der Waals surface area contributed by atoms with Gasteiger partial charge in [0.05, 0.1) is 11.7 Å². The second-order valence-corrected chi connectivity index (χ2v) is 4.04. The van der Waals surface area contributed by atoms with Gasteiger partial charge in [0.15, 0.2) is 0 Å². The quantitative estimate of drug-likeness (QED) is 0.724. The van der Waals surface area contributed by atoms with Crippen molar-refractivity contribution in [1.82, 2.24) is 20.3 Å². The predicted octanol–water partition coefficient (Wildman–Crippen LogP) is 0.690. The molecule has 1 aromatic heterocycles. The van der Waals surface area contributed by atoms with E-state index in [1.165, 1.54) is 25.0 Å². The van der Waals surface area contributed by atoms with Gasteiger partial charge >= 0.3 is 0 Å². The van der Waals surface area contributed by atoms with Crippen molar-refractivity contribution < 1.29 is 0 Å². The van der Waals surface area contributed by atoms with E-state index in [4.69, 9.17) is 0 Å². The van der Waals surface area contributed by atoms with Crippen molar-refractivity contribution in [2.45, 2.75) is 31.2 Å². The van der Waals surface area contributed by atoms with Gasteiger partial charge in [-0.15, -0.1) is 5.10 Å². The van der Waals surface area contributed by atoms with Crippen molar-refractivity contribution >= 4 is 0 Å². The maximum atomic E-state index is 4.21. The molecule has 70 valence electrons. The lowest BCUT2D eigenvalue weighted by molar-refractivity contribution is 0.476. The monoisotopic (exact) mass is 178 g/mol. The highest BCUT2D eigenvalue weighted by atomic mass is 15.4. The molecule has 1 aliphatic carbocycles. The van der Waals surface area contributed by atoms with E-state index in [1.54, 1.807) is 0 Å². The average Bonchev–Trinajstić information content (AvgIpc) is 2.72. The van der Waals surface area contributed by atoms with E-state index in [1.807, 2.05) is 4.68 Å². The third-order valence-electron chi connectivity index (χ3n) is 2.93. The van der Waals surface area contributed by atoms with Gasteiger partial charge in [-0.25, -0.2) is 4.68 Å². The Morgan fingerprint density at radius 3 is 3.00 bits per heavy atom. The number of nitrogens with one attached hydrogen (secondary N) is 1. The van der Waals surface area contributed by atoms with Gasteiger partial charge in [0.25, 0.3) is 0 Å². The molecule has 13 heavy (non-hydrogen) atoms. The Hall–Kier alpha value is -0.900. The Morgan fingerprint density at radius 1 is 1.38 bits per heavy atom. The molecule has 4 heteroatoms. The highest BCUT2D eigenvalue weighted by Crippen LogP contribution is 2.38. The number of hydrogen-bond acceptors (Lipinski definition) is 3. The van der Waals surface area contributed by atoms with E-state index in [-0.39, 0.29) is 0 Å². The van der Waals surface area contributed by atoms with Crippen LogP contribution in [0.15, 0.2) is 6.20 Å². The largest absolute Gasteiger partial charge is 0.315 e. The van der Waals surface area contributed by atoms with Crippen molar-refractivity contribution in [3.63, 3.8) is 0 Å². The van der Waals surface area contributed by atoms with Crippen LogP contribution in [0.25, 0.3) is 0 Å². The van der Waals surface area contributed by atoms with Crippen LogP contribution in [0.1, 0.15) is 36.9 Å². The minimum Gasteiger partial charge on any atom is -0.315 e. The Kier molecular flexibility index (Phi) is 1.62. The Morgan fingerprint density at radius 2 is 2.31 bits per heavy atom. The van der Waals surface area contributed by atoms with E-state index in [0.717, 1.165) is 19.0 Å². The first-order valence-electron chi connectivity index (χ1n) is 5.06. The molecule has 2 aliphatic rings. The zero-order chi connectivity index (χ0) is 8.67. The van der Waals surface area contributed by atoms with Gasteiger partial charge in [-0.3, -0.25) is 0 Å². The number of rotatable bonds is 2. The Bertz CT molecular complexity index is 296. The van der Waals surface area contributed by atoms with Gasteiger partial charge in [0.2, 0.25) is 0 Å². The SMILES string of the molecule is c1c(C2CC2)nnn1[C@H]1CCNC1. The summed E-state index contributed by atoms with van der Waals surface area (Å²) in [5.41, 5.74) is 1.20. The second kappa shape index (κ2) is 2.80. The van der Waals surface area contributed by atoms with Gasteiger partial charge in [0.1, 0.15) is 0 Å². The van der Waals surface area contributed by atoms with E-state index in [2.05, 4.69) is 21.8 Å². The summed E-state index contributed by atoms with van der Waals surface area (Å²) in [5, 5.41) is 11.7. The molecule has 0 unspecified atom stereocenters. The molecule has 0 aromatic carbocycles. The summed E-state index contributed by atoms with van der Waals surface area (Å²) in [4.78, 5) is 0. The van der Waals surface area contributed by atoms with Crippen molar-refractivity contribution in [1.29, 1.82) is 0 Å². The lowest BCUT2D eigenvalue weighted by Crippen LogP contribution is -2.13. The van der Waals surface area contributed by atoms with E-state index in [9.17, 15) is 0 Å². The maximum absolute atomic E-state index is 4.21. The van der Waals surface area contributed by atoms with Crippen molar-refractivity contribution in [3.8, 4) is 0 Å². The molecule has 0 radical (unpaired) electrons. The molecular formula is C9H14N4. The van der Waals surface area contributed by atoms with Crippen LogP contribution in [-0.4, -0.2) is 28.1 Å². The summed E-state index contributed by atoms with van der Waals surface area (Å²) in [7, 11) is 0. The summed E-state index contributed by atoms with van der Waals surface area (Å²) in [6.45, 7) is 2.16. The first kappa shape index (κ1) is 7.50. The highest BCUT2D eigenvalue weighted by molar-refractivity contribution is 5.09. The fourth-order valence-electron chi connectivity index (χ4n) is 1.90. The summed E-state index contributed by atoms with van der Waals surface area (Å²) in [5.74, 6) is 0.725. The standard InChI is InChI=1S/C9H14N4/c1-2-7(1)9-6-13(12-11-9)8-3-4-10-5-8/h6-8,10H,1-5H2/t8-/m0/s1. The van der Waals surface area contributed by atoms with Crippen molar-refractivity contribution in [3.05, 3.63) is 11.9 Å². The molecule has 0 spiro atoms. The third kappa shape index (κ3) is 1.35. The highest BCUT2D eigenvalue weighted by Gasteiger charge is 2.27. The fraction of sp³-hybridized carbons (Fsp3) is 0.778. The number of hydrogen-bond donors (Lipinski definition) is 1. The molecule has 1 saturated heterocycles. The second-order valence-electron chi connectivity index (χ2n) is 4.04. The van der Waals surface area contributed by atoms with Crippen LogP contribution in [0, 0.1) is 0 Å². The van der Waals surface area contributed by atoms with Gasteiger partial charge in [-0.05, 0) is 25.8 Å². The first-order chi connectivity index (χ1) is 6.43. The van der Waals surface area contributed by atoms with Gasteiger partial charge in [-0.1, -0.05) is 5.21 Å². The normalized spacial score (nSPS) is 28.2. The lowest BCUT2D eigenvalue weighted by atomic mass is 10.2. The molecule has 0 bridgehead atoms. The number of aromatic nitrogens is 3. The summed E-state index contributed by atoms with van der Waals surface area (Å²) in [6, 6.07) is 0.542. The van der Waals surface area contributed by atoms with Gasteiger partial charge < -0.3 is 5.32 Å². The van der Waals surface area contributed by atoms with E-state index >= 15 is 0 Å². The fourth-order valence-corrected chi connectivity index (χ4v) is 1.90. The van der Waals surface area contributed by atoms with Crippen molar-refractivity contribution in [2.24, 2.45) is 0 Å². The topological polar surface area (TPSA) is 42.7 Å². The van der Waals surface area contributed by atoms with Crippen LogP contribution in [0.2, 0.25) is 0 Å². The minimum atomic E-state index is 0.542. The molecular weight excluding hydrogens is 164 g/mol. The molecule has 2 heterocycles. The molecule has 1 saturated carbocycles. The molecule has 1 atom stereocenters. The smallest absolute Gasteiger partial charge is 0.0858 e. The van der Waals surface area contributed by atoms with E-state index < -0.39 is 0 Å². The van der Waals surface area contributed by atoms with Gasteiger partial charge in [-0.2, -0.15) is 0 Å². The van der Waals surface area contributed by atoms with Crippen LogP contribution in [0.3, 0.4) is 0 Å². The number of nitrogens with zero attached hydrogens (tertiary/aromatic N) is 3. The van der Waals surface area contributed by atoms with Crippen molar-refractivity contribution in [2.75, 3.05) is 13.1 Å². The van der Waals surface area contributed by atoms with Crippen LogP contribution in [-0.2, 0) is 0 Å². The maximum Gasteiger partial charge on any atom is 0.0858 e. The minimum absolute atomic E-state index is 0.542. The molecule has 1 aromatic rings. The molecule has 3 rings (SSSR count). The Labute approximate surface area is 77.3 Å². The molecule has 4 nitrogen and oxygen atoms in total. The summed E-state index contributed by atoms with van der Waals surface area (Å²) in [6.07, 6.45) is 5.94. The first-order valence-corrected chi connectivity index (χ1v) is 5.06. The van der Waals surface area contributed by atoms with Gasteiger partial charge in [0, 0.05) is 18.7 Å². The van der Waals surface area contributed by atoms with Crippen LogP contribution in [0.4, 0.5) is 0 Å². The van der Waals surface area contributed by atoms with E-state index in [0.29, 0.717) is 6.04 Å². The molecule has 2 fully saturated rings. The van der Waals surface area contributed by atoms with Crippen LogP contribution in [0.5, 0.6) is 0 Å². The van der Waals surface area contributed by atoms with Crippen LogP contribution < -0.4 is 5.32 Å². The summed E-state index contributed by atoms with van der Waals surface area (Å²) < 4.78 is 2.04. The summed E-state index contributed by atoms with van der Waals surface area (Å²) >= 11 is 0. The molecule has 0 amide bonds. The third-order valence-corrected chi connectivity index (χ3v) is 2.93. The average molecular weight is 178 g/mol. The molecule has 1 N–H and O–H groups in total. The zero-order valence-electron chi connectivity index (χ0n) is 7.61.